The van der Waals surface area contributed by atoms with Gasteiger partial charge in [0.25, 0.3) is 0 Å². The van der Waals surface area contributed by atoms with Crippen LogP contribution in [-0.4, -0.2) is 80.4 Å². The number of nitrogens with zero attached hydrogens (tertiary/aromatic N) is 4. The third-order valence-corrected chi connectivity index (χ3v) is 5.06. The van der Waals surface area contributed by atoms with E-state index >= 15 is 0 Å². The Labute approximate surface area is 146 Å². The maximum Gasteiger partial charge on any atom is 0.131 e. The van der Waals surface area contributed by atoms with Gasteiger partial charge in [0, 0.05) is 58.6 Å². The van der Waals surface area contributed by atoms with Gasteiger partial charge in [-0.25, -0.2) is 4.98 Å². The Bertz CT molecular complexity index is 520. The number of aryl methyl sites for hydroxylation is 1. The van der Waals surface area contributed by atoms with E-state index in [1.54, 1.807) is 0 Å². The van der Waals surface area contributed by atoms with Gasteiger partial charge in [0.05, 0.1) is 13.2 Å². The van der Waals surface area contributed by atoms with E-state index in [1.165, 1.54) is 12.1 Å². The highest BCUT2D eigenvalue weighted by Gasteiger charge is 2.28. The molecule has 3 rings (SSSR count). The summed E-state index contributed by atoms with van der Waals surface area (Å²) in [4.78, 5) is 12.2. The van der Waals surface area contributed by atoms with Gasteiger partial charge in [0.15, 0.2) is 0 Å². The number of hydrogen-bond acceptors (Lipinski definition) is 5. The minimum atomic E-state index is 0.320. The third kappa shape index (κ3) is 4.68. The van der Waals surface area contributed by atoms with Crippen LogP contribution >= 0.6 is 0 Å². The predicted octanol–water partition coefficient (Wildman–Crippen LogP) is 1.87. The van der Waals surface area contributed by atoms with Crippen molar-refractivity contribution in [1.82, 2.24) is 14.8 Å². The van der Waals surface area contributed by atoms with E-state index in [0.717, 1.165) is 64.8 Å². The van der Waals surface area contributed by atoms with Gasteiger partial charge in [-0.1, -0.05) is 19.9 Å². The molecule has 0 aliphatic carbocycles. The summed E-state index contributed by atoms with van der Waals surface area (Å²) in [5.41, 5.74) is 1.60. The molecule has 5 heteroatoms. The van der Waals surface area contributed by atoms with Crippen molar-refractivity contribution in [3.8, 4) is 0 Å². The minimum Gasteiger partial charge on any atom is -0.379 e. The van der Waals surface area contributed by atoms with Crippen LogP contribution in [0.2, 0.25) is 0 Å². The van der Waals surface area contributed by atoms with Crippen LogP contribution in [0.25, 0.3) is 0 Å². The monoisotopic (exact) mass is 332 g/mol. The summed E-state index contributed by atoms with van der Waals surface area (Å²) in [6.45, 7) is 17.6. The van der Waals surface area contributed by atoms with Crippen molar-refractivity contribution in [1.29, 1.82) is 0 Å². The highest BCUT2D eigenvalue weighted by molar-refractivity contribution is 5.46. The summed E-state index contributed by atoms with van der Waals surface area (Å²) in [7, 11) is 0. The Morgan fingerprint density at radius 2 is 1.62 bits per heavy atom. The number of rotatable bonds is 5. The lowest BCUT2D eigenvalue weighted by atomic mass is 9.91. The Kier molecular flexibility index (Phi) is 5.74. The number of ether oxygens (including phenoxy) is 1. The van der Waals surface area contributed by atoms with Crippen molar-refractivity contribution in [2.45, 2.75) is 20.8 Å². The summed E-state index contributed by atoms with van der Waals surface area (Å²) < 4.78 is 5.46. The van der Waals surface area contributed by atoms with Crippen LogP contribution in [0.4, 0.5) is 5.82 Å². The normalized spacial score (nSPS) is 21.2. The molecule has 2 aliphatic heterocycles. The average molecular weight is 332 g/mol. The van der Waals surface area contributed by atoms with Crippen LogP contribution in [0.5, 0.6) is 0 Å². The number of hydrogen-bond donors (Lipinski definition) is 0. The number of aromatic nitrogens is 1. The average Bonchev–Trinajstić information content (AvgIpc) is 2.56. The zero-order chi connectivity index (χ0) is 17.0. The zero-order valence-corrected chi connectivity index (χ0v) is 15.5. The molecule has 0 bridgehead atoms. The molecule has 1 aromatic rings. The highest BCUT2D eigenvalue weighted by Crippen LogP contribution is 2.22. The molecule has 2 aliphatic rings. The Balaban J connectivity index is 1.48. The molecular formula is C19H32N4O. The Morgan fingerprint density at radius 1 is 1.00 bits per heavy atom. The molecule has 2 saturated heterocycles. The first-order valence-corrected chi connectivity index (χ1v) is 9.23. The first-order chi connectivity index (χ1) is 11.5. The van der Waals surface area contributed by atoms with Gasteiger partial charge >= 0.3 is 0 Å². The largest absolute Gasteiger partial charge is 0.379 e. The summed E-state index contributed by atoms with van der Waals surface area (Å²) in [5, 5.41) is 0. The lowest BCUT2D eigenvalue weighted by Crippen LogP contribution is -2.52. The van der Waals surface area contributed by atoms with E-state index in [1.807, 2.05) is 12.3 Å². The Morgan fingerprint density at radius 3 is 2.25 bits per heavy atom. The van der Waals surface area contributed by atoms with E-state index in [-0.39, 0.29) is 0 Å². The topological polar surface area (TPSA) is 31.8 Å². The van der Waals surface area contributed by atoms with Crippen LogP contribution in [0.3, 0.4) is 0 Å². The van der Waals surface area contributed by atoms with Crippen molar-refractivity contribution in [2.75, 3.05) is 70.5 Å². The summed E-state index contributed by atoms with van der Waals surface area (Å²) in [5.74, 6) is 1.16. The molecule has 0 aromatic carbocycles. The fourth-order valence-corrected chi connectivity index (χ4v) is 3.95. The second kappa shape index (κ2) is 7.81. The minimum absolute atomic E-state index is 0.320. The smallest absolute Gasteiger partial charge is 0.131 e. The number of piperazine rings is 1. The molecule has 0 amide bonds. The van der Waals surface area contributed by atoms with Crippen molar-refractivity contribution in [2.24, 2.45) is 5.41 Å². The van der Waals surface area contributed by atoms with Crippen molar-refractivity contribution < 1.29 is 4.74 Å². The number of anilines is 1. The van der Waals surface area contributed by atoms with Crippen molar-refractivity contribution >= 4 is 5.82 Å². The number of pyridine rings is 1. The second-order valence-electron chi connectivity index (χ2n) is 7.96. The molecule has 1 aromatic heterocycles. The molecular weight excluding hydrogens is 300 g/mol. The molecule has 0 radical (unpaired) electrons. The third-order valence-electron chi connectivity index (χ3n) is 5.06. The molecule has 0 N–H and O–H groups in total. The van der Waals surface area contributed by atoms with E-state index in [4.69, 9.17) is 4.74 Å². The van der Waals surface area contributed by atoms with Gasteiger partial charge in [0.1, 0.15) is 5.82 Å². The predicted molar refractivity (Wildman–Crippen MR) is 98.7 cm³/mol. The van der Waals surface area contributed by atoms with Crippen LogP contribution in [-0.2, 0) is 4.74 Å². The molecule has 5 nitrogen and oxygen atoms in total. The lowest BCUT2D eigenvalue weighted by molar-refractivity contribution is 0.0147. The van der Waals surface area contributed by atoms with Crippen LogP contribution in [0.15, 0.2) is 18.3 Å². The van der Waals surface area contributed by atoms with Gasteiger partial charge < -0.3 is 9.64 Å². The Hall–Kier alpha value is -1.17. The van der Waals surface area contributed by atoms with Gasteiger partial charge in [-0.2, -0.15) is 0 Å². The second-order valence-corrected chi connectivity index (χ2v) is 7.96. The first-order valence-electron chi connectivity index (χ1n) is 9.23. The first kappa shape index (κ1) is 17.6. The fourth-order valence-electron chi connectivity index (χ4n) is 3.95. The van der Waals surface area contributed by atoms with Crippen LogP contribution in [0, 0.1) is 12.3 Å². The highest BCUT2D eigenvalue weighted by atomic mass is 16.5. The molecule has 0 spiro atoms. The molecule has 2 fully saturated rings. The standard InChI is InChI=1S/C19H32N4O/c1-17-5-4-6-20-18(17)23-9-7-21(8-10-23)15-19(2,3)16-22-11-13-24-14-12-22/h4-6H,7-16H2,1-3H3. The maximum atomic E-state index is 5.46. The SMILES string of the molecule is Cc1cccnc1N1CCN(CC(C)(C)CN2CCOCC2)CC1. The summed E-state index contributed by atoms with van der Waals surface area (Å²) in [6.07, 6.45) is 1.90. The molecule has 24 heavy (non-hydrogen) atoms. The van der Waals surface area contributed by atoms with Crippen molar-refractivity contribution in [3.63, 3.8) is 0 Å². The van der Waals surface area contributed by atoms with Gasteiger partial charge in [-0.3, -0.25) is 9.80 Å². The quantitative estimate of drug-likeness (QED) is 0.822. The van der Waals surface area contributed by atoms with Gasteiger partial charge in [-0.15, -0.1) is 0 Å². The van der Waals surface area contributed by atoms with Gasteiger partial charge in [0.2, 0.25) is 0 Å². The number of morpholine rings is 1. The maximum absolute atomic E-state index is 5.46. The van der Waals surface area contributed by atoms with E-state index in [0.29, 0.717) is 5.41 Å². The summed E-state index contributed by atoms with van der Waals surface area (Å²) >= 11 is 0. The van der Waals surface area contributed by atoms with Crippen LogP contribution in [0.1, 0.15) is 19.4 Å². The van der Waals surface area contributed by atoms with E-state index in [2.05, 4.69) is 46.5 Å². The molecule has 0 unspecified atom stereocenters. The van der Waals surface area contributed by atoms with E-state index in [9.17, 15) is 0 Å². The van der Waals surface area contributed by atoms with Crippen molar-refractivity contribution in [3.05, 3.63) is 23.9 Å². The van der Waals surface area contributed by atoms with Crippen LogP contribution < -0.4 is 4.90 Å². The lowest BCUT2D eigenvalue weighted by Gasteiger charge is -2.41. The summed E-state index contributed by atoms with van der Waals surface area (Å²) in [6, 6.07) is 4.17. The molecule has 134 valence electrons. The fraction of sp³-hybridized carbons (Fsp3) is 0.737. The van der Waals surface area contributed by atoms with Gasteiger partial charge in [-0.05, 0) is 24.0 Å². The zero-order valence-electron chi connectivity index (χ0n) is 15.5. The van der Waals surface area contributed by atoms with E-state index < -0.39 is 0 Å². The molecule has 3 heterocycles. The molecule has 0 saturated carbocycles. The molecule has 0 atom stereocenters.